The number of carbonyl (C=O) groups excluding carboxylic acids is 1. The van der Waals surface area contributed by atoms with Crippen LogP contribution in [0, 0.1) is 0 Å². The first-order valence-electron chi connectivity index (χ1n) is 8.50. The number of nitrogen functional groups attached to an aromatic ring is 1. The summed E-state index contributed by atoms with van der Waals surface area (Å²) in [5, 5.41) is 3.15. The van der Waals surface area contributed by atoms with Crippen molar-refractivity contribution in [2.24, 2.45) is 0 Å². The molecule has 1 aliphatic carbocycles. The van der Waals surface area contributed by atoms with Crippen LogP contribution in [0.3, 0.4) is 0 Å². The molecule has 0 aromatic heterocycles. The molecule has 0 heterocycles. The average molecular weight is 340 g/mol. The van der Waals surface area contributed by atoms with Crippen LogP contribution in [0.4, 0.5) is 5.69 Å². The van der Waals surface area contributed by atoms with Gasteiger partial charge in [0.2, 0.25) is 5.91 Å². The van der Waals surface area contributed by atoms with Crippen molar-refractivity contribution in [2.45, 2.75) is 31.7 Å². The number of anilines is 1. The summed E-state index contributed by atoms with van der Waals surface area (Å²) in [6.07, 6.45) is 3.20. The maximum Gasteiger partial charge on any atom is 0.225 e. The quantitative estimate of drug-likeness (QED) is 0.821. The van der Waals surface area contributed by atoms with Gasteiger partial charge in [-0.15, -0.1) is 0 Å². The lowest BCUT2D eigenvalue weighted by Gasteiger charge is -2.27. The van der Waals surface area contributed by atoms with Gasteiger partial charge in [0, 0.05) is 11.3 Å². The molecule has 1 unspecified atom stereocenters. The second kappa shape index (κ2) is 7.47. The highest BCUT2D eigenvalue weighted by Crippen LogP contribution is 2.32. The van der Waals surface area contributed by atoms with Crippen LogP contribution in [0.25, 0.3) is 0 Å². The second-order valence-corrected chi connectivity index (χ2v) is 6.29. The van der Waals surface area contributed by atoms with Gasteiger partial charge < -0.3 is 20.5 Å². The van der Waals surface area contributed by atoms with E-state index in [9.17, 15) is 4.79 Å². The third-order valence-corrected chi connectivity index (χ3v) is 4.68. The Hall–Kier alpha value is -2.69. The zero-order valence-corrected chi connectivity index (χ0v) is 14.7. The van der Waals surface area contributed by atoms with Crippen LogP contribution in [0.2, 0.25) is 0 Å². The number of aryl methyl sites for hydroxylation is 1. The molecule has 3 N–H and O–H groups in total. The van der Waals surface area contributed by atoms with Gasteiger partial charge in [0.15, 0.2) is 0 Å². The molecule has 5 heteroatoms. The van der Waals surface area contributed by atoms with Crippen molar-refractivity contribution in [3.05, 3.63) is 53.1 Å². The van der Waals surface area contributed by atoms with Crippen molar-refractivity contribution in [2.75, 3.05) is 20.0 Å². The minimum absolute atomic E-state index is 0.0255. The zero-order valence-electron chi connectivity index (χ0n) is 14.7. The molecule has 0 spiro atoms. The van der Waals surface area contributed by atoms with E-state index in [1.54, 1.807) is 14.2 Å². The highest BCUT2D eigenvalue weighted by atomic mass is 16.5. The van der Waals surface area contributed by atoms with E-state index < -0.39 is 0 Å². The van der Waals surface area contributed by atoms with E-state index >= 15 is 0 Å². The SMILES string of the molecule is COc1cccc(OC)c1CC(=O)NC1CCCc2cc(N)ccc21. The van der Waals surface area contributed by atoms with Crippen LogP contribution in [-0.4, -0.2) is 20.1 Å². The number of carbonyl (C=O) groups is 1. The monoisotopic (exact) mass is 340 g/mol. The summed E-state index contributed by atoms with van der Waals surface area (Å²) in [6, 6.07) is 11.5. The normalized spacial score (nSPS) is 16.0. The zero-order chi connectivity index (χ0) is 17.8. The van der Waals surface area contributed by atoms with Gasteiger partial charge in [-0.25, -0.2) is 0 Å². The van der Waals surface area contributed by atoms with Gasteiger partial charge in [-0.1, -0.05) is 12.1 Å². The summed E-state index contributed by atoms with van der Waals surface area (Å²) in [6.45, 7) is 0. The van der Waals surface area contributed by atoms with Gasteiger partial charge >= 0.3 is 0 Å². The van der Waals surface area contributed by atoms with E-state index in [1.807, 2.05) is 36.4 Å². The number of nitrogens with one attached hydrogen (secondary N) is 1. The number of methoxy groups -OCH3 is 2. The topological polar surface area (TPSA) is 73.6 Å². The first-order chi connectivity index (χ1) is 12.1. The predicted molar refractivity (Wildman–Crippen MR) is 97.9 cm³/mol. The maximum absolute atomic E-state index is 12.6. The number of fused-ring (bicyclic) bond motifs is 1. The van der Waals surface area contributed by atoms with Crippen molar-refractivity contribution in [1.82, 2.24) is 5.32 Å². The fraction of sp³-hybridized carbons (Fsp3) is 0.350. The minimum atomic E-state index is -0.0440. The Kier molecular flexibility index (Phi) is 5.12. The van der Waals surface area contributed by atoms with Gasteiger partial charge in [0.05, 0.1) is 26.7 Å². The molecule has 0 fully saturated rings. The van der Waals surface area contributed by atoms with E-state index in [4.69, 9.17) is 15.2 Å². The third kappa shape index (κ3) is 3.71. The Labute approximate surface area is 148 Å². The molecule has 132 valence electrons. The Morgan fingerprint density at radius 1 is 1.20 bits per heavy atom. The second-order valence-electron chi connectivity index (χ2n) is 6.29. The van der Waals surface area contributed by atoms with Gasteiger partial charge in [0.1, 0.15) is 11.5 Å². The molecule has 1 atom stereocenters. The van der Waals surface area contributed by atoms with Crippen molar-refractivity contribution in [3.63, 3.8) is 0 Å². The third-order valence-electron chi connectivity index (χ3n) is 4.68. The smallest absolute Gasteiger partial charge is 0.225 e. The fourth-order valence-corrected chi connectivity index (χ4v) is 3.49. The number of benzene rings is 2. The molecular formula is C20H24N2O3. The molecule has 3 rings (SSSR count). The fourth-order valence-electron chi connectivity index (χ4n) is 3.49. The molecular weight excluding hydrogens is 316 g/mol. The molecule has 0 radical (unpaired) electrons. The number of rotatable bonds is 5. The lowest BCUT2D eigenvalue weighted by atomic mass is 9.87. The van der Waals surface area contributed by atoms with Crippen LogP contribution < -0.4 is 20.5 Å². The van der Waals surface area contributed by atoms with Gasteiger partial charge in [-0.3, -0.25) is 4.79 Å². The average Bonchev–Trinajstić information content (AvgIpc) is 2.61. The minimum Gasteiger partial charge on any atom is -0.496 e. The molecule has 0 aliphatic heterocycles. The standard InChI is InChI=1S/C20H24N2O3/c1-24-18-7-4-8-19(25-2)16(18)12-20(23)22-17-6-3-5-13-11-14(21)9-10-15(13)17/h4,7-11,17H,3,5-6,12,21H2,1-2H3,(H,22,23). The highest BCUT2D eigenvalue weighted by Gasteiger charge is 2.23. The summed E-state index contributed by atoms with van der Waals surface area (Å²) in [7, 11) is 3.19. The Morgan fingerprint density at radius 2 is 1.92 bits per heavy atom. The molecule has 0 saturated carbocycles. The van der Waals surface area contributed by atoms with Crippen molar-refractivity contribution in [3.8, 4) is 11.5 Å². The van der Waals surface area contributed by atoms with Gasteiger partial charge in [-0.05, 0) is 54.7 Å². The van der Waals surface area contributed by atoms with Crippen LogP contribution in [0.5, 0.6) is 11.5 Å². The maximum atomic E-state index is 12.6. The van der Waals surface area contributed by atoms with Crippen LogP contribution in [0.1, 0.15) is 35.6 Å². The molecule has 1 aliphatic rings. The van der Waals surface area contributed by atoms with Crippen molar-refractivity contribution in [1.29, 1.82) is 0 Å². The van der Waals surface area contributed by atoms with Crippen LogP contribution in [0.15, 0.2) is 36.4 Å². The number of ether oxygens (including phenoxy) is 2. The number of nitrogens with two attached hydrogens (primary N) is 1. The van der Waals surface area contributed by atoms with Crippen molar-refractivity contribution >= 4 is 11.6 Å². The van der Waals surface area contributed by atoms with E-state index in [-0.39, 0.29) is 18.4 Å². The van der Waals surface area contributed by atoms with E-state index in [1.165, 1.54) is 11.1 Å². The Balaban J connectivity index is 1.77. The Morgan fingerprint density at radius 3 is 2.60 bits per heavy atom. The summed E-state index contributed by atoms with van der Waals surface area (Å²) in [5.41, 5.74) is 9.81. The lowest BCUT2D eigenvalue weighted by Crippen LogP contribution is -2.32. The van der Waals surface area contributed by atoms with Gasteiger partial charge in [0.25, 0.3) is 0 Å². The van der Waals surface area contributed by atoms with Crippen LogP contribution >= 0.6 is 0 Å². The summed E-state index contributed by atoms with van der Waals surface area (Å²) >= 11 is 0. The molecule has 25 heavy (non-hydrogen) atoms. The molecule has 0 saturated heterocycles. The summed E-state index contributed by atoms with van der Waals surface area (Å²) in [4.78, 5) is 12.6. The van der Waals surface area contributed by atoms with Crippen molar-refractivity contribution < 1.29 is 14.3 Å². The number of hydrogen-bond donors (Lipinski definition) is 2. The Bertz CT molecular complexity index is 751. The van der Waals surface area contributed by atoms with E-state index in [2.05, 4.69) is 5.32 Å². The molecule has 0 bridgehead atoms. The van der Waals surface area contributed by atoms with E-state index in [0.717, 1.165) is 30.5 Å². The van der Waals surface area contributed by atoms with Gasteiger partial charge in [-0.2, -0.15) is 0 Å². The number of amides is 1. The first-order valence-corrected chi connectivity index (χ1v) is 8.50. The lowest BCUT2D eigenvalue weighted by molar-refractivity contribution is -0.121. The van der Waals surface area contributed by atoms with Crippen LogP contribution in [-0.2, 0) is 17.6 Å². The predicted octanol–water partition coefficient (Wildman–Crippen LogP) is 3.02. The molecule has 1 amide bonds. The largest absolute Gasteiger partial charge is 0.496 e. The first kappa shape index (κ1) is 17.1. The number of hydrogen-bond acceptors (Lipinski definition) is 4. The van der Waals surface area contributed by atoms with E-state index in [0.29, 0.717) is 11.5 Å². The molecule has 2 aromatic rings. The summed E-state index contributed by atoms with van der Waals surface area (Å²) in [5.74, 6) is 1.27. The molecule has 5 nitrogen and oxygen atoms in total. The molecule has 2 aromatic carbocycles. The summed E-state index contributed by atoms with van der Waals surface area (Å²) < 4.78 is 10.7. The highest BCUT2D eigenvalue weighted by molar-refractivity contribution is 5.81.